The maximum Gasteiger partial charge on any atom is 0.0368 e. The van der Waals surface area contributed by atoms with Crippen molar-refractivity contribution >= 4 is 0 Å². The Hall–Kier alpha value is -0.460. The van der Waals surface area contributed by atoms with Gasteiger partial charge >= 0.3 is 0 Å². The zero-order valence-corrected chi connectivity index (χ0v) is 24.5. The van der Waals surface area contributed by atoms with Gasteiger partial charge in [-0.3, -0.25) is 0 Å². The first-order valence-corrected chi connectivity index (χ1v) is 16.2. The molecule has 0 aromatic heterocycles. The first kappa shape index (κ1) is 33.5. The zero-order chi connectivity index (χ0) is 25.0. The van der Waals surface area contributed by atoms with Gasteiger partial charge in [0, 0.05) is 5.54 Å². The monoisotopic (exact) mass is 478 g/mol. The van der Waals surface area contributed by atoms with Crippen LogP contribution >= 0.6 is 0 Å². The van der Waals surface area contributed by atoms with Gasteiger partial charge in [0.25, 0.3) is 0 Å². The van der Waals surface area contributed by atoms with E-state index in [2.05, 4.69) is 45.3 Å². The van der Waals surface area contributed by atoms with Gasteiger partial charge in [-0.2, -0.15) is 0 Å². The molecule has 0 fully saturated rings. The molecule has 0 aliphatic rings. The topological polar surface area (TPSA) is 12.0 Å². The summed E-state index contributed by atoms with van der Waals surface area (Å²) >= 11 is 0. The van der Waals surface area contributed by atoms with E-state index >= 15 is 0 Å². The van der Waals surface area contributed by atoms with Crippen LogP contribution < -0.4 is 5.32 Å². The fourth-order valence-electron chi connectivity index (χ4n) is 5.33. The summed E-state index contributed by atoms with van der Waals surface area (Å²) < 4.78 is 0. The molecule has 0 unspecified atom stereocenters. The van der Waals surface area contributed by atoms with Crippen LogP contribution in [0.5, 0.6) is 0 Å². The van der Waals surface area contributed by atoms with Crippen molar-refractivity contribution in [2.45, 2.75) is 200 Å². The van der Waals surface area contributed by atoms with Crippen molar-refractivity contribution in [3.05, 3.63) is 12.3 Å². The van der Waals surface area contributed by atoms with Crippen LogP contribution in [-0.2, 0) is 0 Å². The Morgan fingerprint density at radius 2 is 0.735 bits per heavy atom. The Labute approximate surface area is 217 Å². The van der Waals surface area contributed by atoms with Crippen LogP contribution in [0.25, 0.3) is 0 Å². The van der Waals surface area contributed by atoms with Crippen molar-refractivity contribution in [2.75, 3.05) is 0 Å². The highest BCUT2D eigenvalue weighted by Gasteiger charge is 2.27. The molecular formula is C33H67N. The molecule has 0 amide bonds. The van der Waals surface area contributed by atoms with E-state index in [1.165, 1.54) is 167 Å². The van der Waals surface area contributed by atoms with Crippen molar-refractivity contribution in [1.82, 2.24) is 5.32 Å². The lowest BCUT2D eigenvalue weighted by Gasteiger charge is -2.35. The Bertz CT molecular complexity index is 359. The first-order valence-electron chi connectivity index (χ1n) is 16.2. The van der Waals surface area contributed by atoms with Gasteiger partial charge in [0.1, 0.15) is 0 Å². The molecule has 0 aromatic rings. The predicted molar refractivity (Wildman–Crippen MR) is 158 cm³/mol. The third-order valence-corrected chi connectivity index (χ3v) is 7.76. The highest BCUT2D eigenvalue weighted by atomic mass is 14.9. The molecular weight excluding hydrogens is 410 g/mol. The zero-order valence-electron chi connectivity index (χ0n) is 24.5. The summed E-state index contributed by atoms with van der Waals surface area (Å²) in [7, 11) is 0. The minimum atomic E-state index is 0.347. The number of nitrogens with one attached hydrogen (secondary N) is 1. The minimum Gasteiger partial charge on any atom is -0.386 e. The number of allylic oxidation sites excluding steroid dienone is 1. The molecule has 0 radical (unpaired) electrons. The molecule has 0 saturated carbocycles. The SMILES string of the molecule is CCCCCCC=CNC(CCCCCCCC)(CCCCCCCC)CCCCCCCC. The first-order chi connectivity index (χ1) is 16.7. The number of hydrogen-bond acceptors (Lipinski definition) is 1. The second kappa shape index (κ2) is 27.1. The summed E-state index contributed by atoms with van der Waals surface area (Å²) in [5.41, 5.74) is 0.347. The van der Waals surface area contributed by atoms with Crippen molar-refractivity contribution in [3.63, 3.8) is 0 Å². The van der Waals surface area contributed by atoms with Gasteiger partial charge in [0.2, 0.25) is 0 Å². The van der Waals surface area contributed by atoms with Crippen LogP contribution in [0.3, 0.4) is 0 Å². The van der Waals surface area contributed by atoms with Crippen molar-refractivity contribution < 1.29 is 0 Å². The average molecular weight is 478 g/mol. The maximum absolute atomic E-state index is 4.05. The molecule has 1 heteroatoms. The number of rotatable bonds is 28. The molecule has 0 rings (SSSR count). The normalized spacial score (nSPS) is 12.1. The van der Waals surface area contributed by atoms with Gasteiger partial charge < -0.3 is 5.32 Å². The van der Waals surface area contributed by atoms with Crippen LogP contribution in [0.15, 0.2) is 12.3 Å². The Kier molecular flexibility index (Phi) is 26.8. The second-order valence-electron chi connectivity index (χ2n) is 11.2. The fraction of sp³-hybridized carbons (Fsp3) is 0.939. The number of hydrogen-bond donors (Lipinski definition) is 1. The molecule has 0 atom stereocenters. The summed E-state index contributed by atoms with van der Waals surface area (Å²) in [5, 5.41) is 4.05. The van der Waals surface area contributed by atoms with E-state index < -0.39 is 0 Å². The van der Waals surface area contributed by atoms with Crippen molar-refractivity contribution in [2.24, 2.45) is 0 Å². The van der Waals surface area contributed by atoms with Gasteiger partial charge in [-0.05, 0) is 38.3 Å². The second-order valence-corrected chi connectivity index (χ2v) is 11.2. The summed E-state index contributed by atoms with van der Waals surface area (Å²) in [5.74, 6) is 0. The van der Waals surface area contributed by atoms with Crippen LogP contribution in [0.2, 0.25) is 0 Å². The van der Waals surface area contributed by atoms with Gasteiger partial charge in [-0.1, -0.05) is 169 Å². The van der Waals surface area contributed by atoms with Crippen molar-refractivity contribution in [1.29, 1.82) is 0 Å². The molecule has 0 spiro atoms. The highest BCUT2D eigenvalue weighted by Crippen LogP contribution is 2.30. The van der Waals surface area contributed by atoms with E-state index in [1.54, 1.807) is 0 Å². The molecule has 0 aromatic carbocycles. The lowest BCUT2D eigenvalue weighted by atomic mass is 9.81. The third-order valence-electron chi connectivity index (χ3n) is 7.76. The molecule has 204 valence electrons. The number of unbranched alkanes of at least 4 members (excludes halogenated alkanes) is 19. The average Bonchev–Trinajstić information content (AvgIpc) is 2.85. The van der Waals surface area contributed by atoms with Crippen LogP contribution in [0, 0.1) is 0 Å². The lowest BCUT2D eigenvalue weighted by Crippen LogP contribution is -2.42. The molecule has 0 aliphatic heterocycles. The summed E-state index contributed by atoms with van der Waals surface area (Å²) in [6.07, 6.45) is 41.1. The van der Waals surface area contributed by atoms with Crippen LogP contribution in [-0.4, -0.2) is 5.54 Å². The Morgan fingerprint density at radius 1 is 0.412 bits per heavy atom. The van der Waals surface area contributed by atoms with Crippen molar-refractivity contribution in [3.8, 4) is 0 Å². The summed E-state index contributed by atoms with van der Waals surface area (Å²) in [4.78, 5) is 0. The Morgan fingerprint density at radius 3 is 1.12 bits per heavy atom. The van der Waals surface area contributed by atoms with Gasteiger partial charge in [0.15, 0.2) is 0 Å². The molecule has 1 nitrogen and oxygen atoms in total. The lowest BCUT2D eigenvalue weighted by molar-refractivity contribution is 0.261. The molecule has 0 heterocycles. The molecule has 0 saturated heterocycles. The van der Waals surface area contributed by atoms with Gasteiger partial charge in [-0.25, -0.2) is 0 Å². The quantitative estimate of drug-likeness (QED) is 0.110. The smallest absolute Gasteiger partial charge is 0.0368 e. The molecule has 0 aliphatic carbocycles. The van der Waals surface area contributed by atoms with E-state index in [9.17, 15) is 0 Å². The van der Waals surface area contributed by atoms with Gasteiger partial charge in [-0.15, -0.1) is 0 Å². The standard InChI is InChI=1S/C33H67N/c1-5-9-13-17-21-25-29-33(30-26-22-18-14-10-6-2,31-27-23-19-15-11-7-3)34-32-28-24-20-16-12-8-4/h28,32,34H,5-27,29-31H2,1-4H3. The summed E-state index contributed by atoms with van der Waals surface area (Å²) in [6, 6.07) is 0. The van der Waals surface area contributed by atoms with E-state index in [1.807, 2.05) is 0 Å². The Balaban J connectivity index is 4.86. The van der Waals surface area contributed by atoms with Crippen LogP contribution in [0.1, 0.15) is 195 Å². The molecule has 0 bridgehead atoms. The molecule has 34 heavy (non-hydrogen) atoms. The summed E-state index contributed by atoms with van der Waals surface area (Å²) in [6.45, 7) is 9.28. The van der Waals surface area contributed by atoms with E-state index in [0.717, 1.165) is 0 Å². The van der Waals surface area contributed by atoms with E-state index in [-0.39, 0.29) is 0 Å². The minimum absolute atomic E-state index is 0.347. The maximum atomic E-state index is 4.05. The van der Waals surface area contributed by atoms with E-state index in [0.29, 0.717) is 5.54 Å². The molecule has 1 N–H and O–H groups in total. The van der Waals surface area contributed by atoms with Gasteiger partial charge in [0.05, 0.1) is 0 Å². The highest BCUT2D eigenvalue weighted by molar-refractivity contribution is 4.94. The van der Waals surface area contributed by atoms with E-state index in [4.69, 9.17) is 0 Å². The van der Waals surface area contributed by atoms with Crippen LogP contribution in [0.4, 0.5) is 0 Å². The fourth-order valence-corrected chi connectivity index (χ4v) is 5.33. The predicted octanol–water partition coefficient (Wildman–Crippen LogP) is 12.1. The largest absolute Gasteiger partial charge is 0.386 e. The third kappa shape index (κ3) is 22.0.